The predicted molar refractivity (Wildman–Crippen MR) is 438 cm³/mol. The summed E-state index contributed by atoms with van der Waals surface area (Å²) in [4.78, 5) is 240. The van der Waals surface area contributed by atoms with Gasteiger partial charge < -0.3 is 117 Å². The average molecular weight is 1760 g/mol. The molecule has 6 amide bonds. The van der Waals surface area contributed by atoms with Crippen molar-refractivity contribution in [3.8, 4) is 34.5 Å². The van der Waals surface area contributed by atoms with Crippen molar-refractivity contribution in [2.24, 2.45) is 0 Å². The van der Waals surface area contributed by atoms with Gasteiger partial charge in [0, 0.05) is 72.9 Å². The molecule has 42 nitrogen and oxygen atoms in total. The van der Waals surface area contributed by atoms with E-state index >= 15 is 0 Å². The smallest absolute Gasteiger partial charge is 0.413 e. The fraction of sp³-hybridized carbons (Fsp3) is 0.286. The van der Waals surface area contributed by atoms with E-state index in [-0.39, 0.29) is 32.3 Å². The normalized spacial score (nSPS) is 11.0. The number of hydrogen-bond donors (Lipinski definition) is 6. The van der Waals surface area contributed by atoms with E-state index in [0.717, 1.165) is 109 Å². The Morgan fingerprint density at radius 3 is 0.365 bits per heavy atom. The molecule has 0 saturated carbocycles. The first-order chi connectivity index (χ1) is 59.3. The topological polar surface area (TPSA) is 546 Å². The minimum Gasteiger partial charge on any atom is -0.460 e. The van der Waals surface area contributed by atoms with Gasteiger partial charge in [-0.2, -0.15) is 0 Å². The van der Waals surface area contributed by atoms with Gasteiger partial charge in [0.2, 0.25) is 0 Å². The molecule has 4 aromatic carbocycles. The van der Waals surface area contributed by atoms with Crippen molar-refractivity contribution in [2.75, 3.05) is 79.3 Å². The molecular weight excluding hydrogens is 1670 g/mol. The van der Waals surface area contributed by atoms with Gasteiger partial charge in [-0.15, -0.1) is 0 Å². The largest absolute Gasteiger partial charge is 0.460 e. The van der Waals surface area contributed by atoms with Crippen LogP contribution in [0.15, 0.2) is 188 Å². The van der Waals surface area contributed by atoms with Crippen LogP contribution < -0.4 is 60.3 Å². The van der Waals surface area contributed by atoms with Gasteiger partial charge in [-0.05, 0) is 110 Å². The predicted octanol–water partition coefficient (Wildman–Crippen LogP) is 6.98. The first-order valence-electron chi connectivity index (χ1n) is 36.4. The zero-order chi connectivity index (χ0) is 94.5. The zero-order valence-electron chi connectivity index (χ0n) is 69.1. The summed E-state index contributed by atoms with van der Waals surface area (Å²) in [6.45, 7) is 37.5. The number of carbonyl (C=O) groups excluding carboxylic acids is 18. The quantitative estimate of drug-likeness (QED) is 0.0112. The van der Waals surface area contributed by atoms with Crippen LogP contribution in [0.5, 0.6) is 34.5 Å². The molecule has 0 atom stereocenters. The summed E-state index contributed by atoms with van der Waals surface area (Å²) in [5, 5.41) is 12.3. The number of benzene rings is 4. The van der Waals surface area contributed by atoms with Crippen LogP contribution in [0, 0.1) is 0 Å². The van der Waals surface area contributed by atoms with Gasteiger partial charge in [0.25, 0.3) is 0 Å². The molecule has 0 aliphatic rings. The molecule has 0 radical (unpaired) electrons. The van der Waals surface area contributed by atoms with Crippen molar-refractivity contribution < 1.29 is 172 Å². The van der Waals surface area contributed by atoms with Crippen molar-refractivity contribution in [1.82, 2.24) is 31.9 Å². The lowest BCUT2D eigenvalue weighted by Crippen LogP contribution is -2.54. The number of amides is 6. The van der Waals surface area contributed by atoms with Crippen LogP contribution in [-0.4, -0.2) is 221 Å². The van der Waals surface area contributed by atoms with Crippen LogP contribution in [0.3, 0.4) is 0 Å². The summed E-state index contributed by atoms with van der Waals surface area (Å²) in [5.41, 5.74) is -12.0. The number of ether oxygens (including phenoxy) is 18. The van der Waals surface area contributed by atoms with Gasteiger partial charge in [0.05, 0.1) is 0 Å². The van der Waals surface area contributed by atoms with Gasteiger partial charge in [0.15, 0.2) is 34.5 Å². The summed E-state index contributed by atoms with van der Waals surface area (Å²) in [6, 6.07) is 5.61. The van der Waals surface area contributed by atoms with Crippen LogP contribution >= 0.6 is 0 Å². The molecule has 0 aliphatic carbocycles. The maximum atomic E-state index is 14.8. The molecule has 4 rings (SSSR count). The third kappa shape index (κ3) is 32.7. The summed E-state index contributed by atoms with van der Waals surface area (Å²) < 4.78 is 98.8. The summed E-state index contributed by atoms with van der Waals surface area (Å²) >= 11 is 0. The average Bonchev–Trinajstić information content (AvgIpc) is 0.721. The second kappa shape index (κ2) is 47.1. The van der Waals surface area contributed by atoms with Gasteiger partial charge in [-0.1, -0.05) is 78.9 Å². The Hall–Kier alpha value is -16.2. The van der Waals surface area contributed by atoms with Crippen LogP contribution in [0.4, 0.5) is 28.8 Å². The molecule has 42 heteroatoms. The fourth-order valence-electron chi connectivity index (χ4n) is 9.88. The van der Waals surface area contributed by atoms with Gasteiger partial charge in [-0.25, -0.2) is 86.3 Å². The van der Waals surface area contributed by atoms with E-state index in [1.807, 2.05) is 0 Å². The summed E-state index contributed by atoms with van der Waals surface area (Å²) in [6.07, 6.45) is -0.523. The van der Waals surface area contributed by atoms with Gasteiger partial charge >= 0.3 is 108 Å². The Balaban J connectivity index is 2.53. The number of carbonyl (C=O) groups is 18. The molecule has 0 fully saturated rings. The molecule has 0 aliphatic heterocycles. The second-order valence-corrected chi connectivity index (χ2v) is 27.7. The Morgan fingerprint density at radius 2 is 0.286 bits per heavy atom. The highest BCUT2D eigenvalue weighted by molar-refractivity contribution is 6.27. The van der Waals surface area contributed by atoms with Crippen molar-refractivity contribution >= 4 is 141 Å². The number of hydrogen-bond acceptors (Lipinski definition) is 36. The molecule has 6 N–H and O–H groups in total. The molecule has 0 spiro atoms. The van der Waals surface area contributed by atoms with Crippen LogP contribution in [0.1, 0.15) is 41.5 Å². The van der Waals surface area contributed by atoms with Crippen LogP contribution in [0.2, 0.25) is 0 Å². The minimum absolute atomic E-state index is 0.339. The van der Waals surface area contributed by atoms with E-state index in [0.29, 0.717) is 0 Å². The molecule has 4 aromatic rings. The molecule has 0 aromatic heterocycles. The number of nitrogens with one attached hydrogen (secondary N) is 6. The Bertz CT molecular complexity index is 4100. The Morgan fingerprint density at radius 1 is 0.198 bits per heavy atom. The molecule has 0 unspecified atom stereocenters. The monoisotopic (exact) mass is 1760 g/mol. The van der Waals surface area contributed by atoms with E-state index in [4.69, 9.17) is 85.3 Å². The second-order valence-electron chi connectivity index (χ2n) is 27.7. The highest BCUT2D eigenvalue weighted by Crippen LogP contribution is 2.48. The van der Waals surface area contributed by atoms with E-state index in [1.165, 1.54) is 41.5 Å². The first kappa shape index (κ1) is 102. The Kier molecular flexibility index (Phi) is 38.2. The number of rotatable bonds is 48. The molecule has 126 heavy (non-hydrogen) atoms. The van der Waals surface area contributed by atoms with E-state index < -0.39 is 255 Å². The zero-order valence-corrected chi connectivity index (χ0v) is 69.1. The van der Waals surface area contributed by atoms with Gasteiger partial charge in [0.1, 0.15) is 113 Å². The van der Waals surface area contributed by atoms with Crippen molar-refractivity contribution in [1.29, 1.82) is 0 Å². The van der Waals surface area contributed by atoms with Crippen molar-refractivity contribution in [3.63, 3.8) is 0 Å². The SMILES string of the molecule is C=CC(=O)OCC(C)(COC(=O)C=C)NC(=O)Oc1cc2c3cc(OC(=O)NC(C)(COC(=O)C=C)COC(=O)C=C)c(OC(=O)NC(C)(COC(=O)C=C)COC(=O)C=C)cc3c3cc(OC(=O)NC(C)(COC(=O)C=C)COC(=O)C=C)c(OC(=O)NC(C)(COC(=O)C=C)COC(=O)C=C)cc3c2cc1OC(=O)NC(C)(COC(=O)C=C)COC(=O)C=C. The molecule has 0 heterocycles. The van der Waals surface area contributed by atoms with E-state index in [2.05, 4.69) is 111 Å². The third-order valence-electron chi connectivity index (χ3n) is 16.2. The van der Waals surface area contributed by atoms with E-state index in [9.17, 15) is 86.3 Å². The maximum absolute atomic E-state index is 14.8. The third-order valence-corrected chi connectivity index (χ3v) is 16.2. The molecule has 672 valence electrons. The first-order valence-corrected chi connectivity index (χ1v) is 36.4. The maximum Gasteiger partial charge on any atom is 0.413 e. The Labute approximate surface area is 718 Å². The van der Waals surface area contributed by atoms with Crippen LogP contribution in [0.25, 0.3) is 32.3 Å². The molecule has 0 bridgehead atoms. The standard InChI is InChI=1S/C84H90N6O36/c1-19-61(91)109-37-79(13,38-110-62(92)20-2)85-73(103)121-55-31-49-50(32-56(55)122-74(104)86-80(14,39-111-63(93)21-3)40-112-64(94)22-4)52-34-58(124-76(106)88-82(16,43-115-67(97)25-7)44-116-68(98)26-8)60(126-78(108)90-84(18,47-119-71(101)29-11)48-120-72(102)30-12)36-54(52)53-35-59(125-77(107)89-83(17,45-117-69(99)27-9)46-118-70(100)28-10)57(33-51(49)53)123-75(105)87-81(15,41-113-65(95)23-5)42-114-66(96)24-6/h19-36H,1-12,37-48H2,13-18H3,(H,85,103)(H,86,104)(H,87,105)(H,88,106)(H,89,107)(H,90,108). The van der Waals surface area contributed by atoms with Gasteiger partial charge in [-0.3, -0.25) is 0 Å². The number of fused-ring (bicyclic) bond motifs is 6. The summed E-state index contributed by atoms with van der Waals surface area (Å²) in [5.74, 6) is -17.9. The highest BCUT2D eigenvalue weighted by atomic mass is 16.6. The molecular formula is C84H90N6O36. The van der Waals surface area contributed by atoms with Crippen LogP contribution in [-0.2, 0) is 114 Å². The highest BCUT2D eigenvalue weighted by Gasteiger charge is 2.40. The fourth-order valence-corrected chi connectivity index (χ4v) is 9.88. The number of esters is 12. The van der Waals surface area contributed by atoms with Crippen molar-refractivity contribution in [2.45, 2.75) is 74.8 Å². The lowest BCUT2D eigenvalue weighted by Gasteiger charge is -2.30. The minimum atomic E-state index is -1.99. The van der Waals surface area contributed by atoms with Crippen molar-refractivity contribution in [3.05, 3.63) is 188 Å². The lowest BCUT2D eigenvalue weighted by molar-refractivity contribution is -0.145. The summed E-state index contributed by atoms with van der Waals surface area (Å²) in [7, 11) is 0. The molecule has 0 saturated heterocycles. The van der Waals surface area contributed by atoms with E-state index in [1.54, 1.807) is 0 Å². The lowest BCUT2D eigenvalue weighted by atomic mass is 9.93.